The van der Waals surface area contributed by atoms with E-state index in [4.69, 9.17) is 0 Å². The fraction of sp³-hybridized carbons (Fsp3) is 0.929. The Bertz CT molecular complexity index is 273. The lowest BCUT2D eigenvalue weighted by Crippen LogP contribution is -2.52. The lowest BCUT2D eigenvalue weighted by molar-refractivity contribution is -0.124. The third-order valence-corrected chi connectivity index (χ3v) is 3.59. The van der Waals surface area contributed by atoms with E-state index in [1.54, 1.807) is 0 Å². The van der Waals surface area contributed by atoms with Crippen molar-refractivity contribution < 1.29 is 4.79 Å². The van der Waals surface area contributed by atoms with Crippen molar-refractivity contribution in [2.45, 2.75) is 52.1 Å². The molecule has 0 aliphatic carbocycles. The number of nitrogens with one attached hydrogen (secondary N) is 2. The van der Waals surface area contributed by atoms with Crippen LogP contribution in [0.1, 0.15) is 40.5 Å². The maximum absolute atomic E-state index is 11.9. The zero-order chi connectivity index (χ0) is 13.8. The summed E-state index contributed by atoms with van der Waals surface area (Å²) in [6, 6.07) is 0.608. The van der Waals surface area contributed by atoms with Crippen LogP contribution in [0.3, 0.4) is 0 Å². The van der Waals surface area contributed by atoms with Gasteiger partial charge in [0.2, 0.25) is 5.91 Å². The normalized spacial score (nSPS) is 26.1. The number of likely N-dealkylation sites (tertiary alicyclic amines) is 1. The van der Waals surface area contributed by atoms with E-state index < -0.39 is 0 Å². The fourth-order valence-electron chi connectivity index (χ4n) is 2.71. The first kappa shape index (κ1) is 15.4. The van der Waals surface area contributed by atoms with Crippen LogP contribution in [-0.2, 0) is 4.79 Å². The summed E-state index contributed by atoms with van der Waals surface area (Å²) in [6.07, 6.45) is 2.31. The third-order valence-electron chi connectivity index (χ3n) is 3.59. The van der Waals surface area contributed by atoms with Crippen LogP contribution in [0.15, 0.2) is 0 Å². The molecule has 1 aliphatic rings. The molecule has 0 aromatic heterocycles. The van der Waals surface area contributed by atoms with Crippen LogP contribution in [0.25, 0.3) is 0 Å². The van der Waals surface area contributed by atoms with Crippen molar-refractivity contribution in [3.8, 4) is 0 Å². The Morgan fingerprint density at radius 1 is 1.39 bits per heavy atom. The molecule has 4 nitrogen and oxygen atoms in total. The molecule has 0 aromatic carbocycles. The SMILES string of the molecule is CCC1CN(CC(=O)NC(C)(C)C)CCC1NC. The number of carbonyl (C=O) groups is 1. The molecule has 1 aliphatic heterocycles. The molecule has 0 saturated carbocycles. The van der Waals surface area contributed by atoms with Gasteiger partial charge in [0.05, 0.1) is 6.54 Å². The predicted molar refractivity (Wildman–Crippen MR) is 75.6 cm³/mol. The highest BCUT2D eigenvalue weighted by Crippen LogP contribution is 2.19. The van der Waals surface area contributed by atoms with Gasteiger partial charge < -0.3 is 10.6 Å². The Labute approximate surface area is 111 Å². The molecular formula is C14H29N3O. The van der Waals surface area contributed by atoms with Gasteiger partial charge in [-0.25, -0.2) is 0 Å². The molecule has 1 heterocycles. The zero-order valence-corrected chi connectivity index (χ0v) is 12.5. The minimum Gasteiger partial charge on any atom is -0.350 e. The lowest BCUT2D eigenvalue weighted by Gasteiger charge is -2.38. The molecule has 2 N–H and O–H groups in total. The largest absolute Gasteiger partial charge is 0.350 e. The van der Waals surface area contributed by atoms with Gasteiger partial charge in [-0.05, 0) is 40.2 Å². The Morgan fingerprint density at radius 3 is 2.56 bits per heavy atom. The average molecular weight is 255 g/mol. The first-order chi connectivity index (χ1) is 8.35. The minimum absolute atomic E-state index is 0.134. The molecule has 1 fully saturated rings. The highest BCUT2D eigenvalue weighted by molar-refractivity contribution is 5.78. The van der Waals surface area contributed by atoms with Crippen molar-refractivity contribution in [3.63, 3.8) is 0 Å². The van der Waals surface area contributed by atoms with Crippen LogP contribution in [0.5, 0.6) is 0 Å². The monoisotopic (exact) mass is 255 g/mol. The highest BCUT2D eigenvalue weighted by Gasteiger charge is 2.28. The van der Waals surface area contributed by atoms with E-state index >= 15 is 0 Å². The summed E-state index contributed by atoms with van der Waals surface area (Å²) in [7, 11) is 2.04. The van der Waals surface area contributed by atoms with E-state index in [0.29, 0.717) is 18.5 Å². The standard InChI is InChI=1S/C14H29N3O/c1-6-11-9-17(8-7-12(11)15-5)10-13(18)16-14(2,3)4/h11-12,15H,6-10H2,1-5H3,(H,16,18). The van der Waals surface area contributed by atoms with Gasteiger partial charge in [0.25, 0.3) is 0 Å². The molecular weight excluding hydrogens is 226 g/mol. The second kappa shape index (κ2) is 6.53. The number of hydrogen-bond donors (Lipinski definition) is 2. The van der Waals surface area contributed by atoms with Crippen molar-refractivity contribution in [1.29, 1.82) is 0 Å². The van der Waals surface area contributed by atoms with Crippen molar-refractivity contribution in [3.05, 3.63) is 0 Å². The summed E-state index contributed by atoms with van der Waals surface area (Å²) in [5.41, 5.74) is -0.134. The van der Waals surface area contributed by atoms with Crippen molar-refractivity contribution in [2.24, 2.45) is 5.92 Å². The van der Waals surface area contributed by atoms with Crippen molar-refractivity contribution in [1.82, 2.24) is 15.5 Å². The zero-order valence-electron chi connectivity index (χ0n) is 12.5. The van der Waals surface area contributed by atoms with Crippen molar-refractivity contribution in [2.75, 3.05) is 26.7 Å². The Balaban J connectivity index is 2.42. The number of hydrogen-bond acceptors (Lipinski definition) is 3. The van der Waals surface area contributed by atoms with Gasteiger partial charge in [-0.3, -0.25) is 9.69 Å². The van der Waals surface area contributed by atoms with E-state index in [1.807, 2.05) is 27.8 Å². The summed E-state index contributed by atoms with van der Waals surface area (Å²) in [6.45, 7) is 10.9. The van der Waals surface area contributed by atoms with E-state index in [-0.39, 0.29) is 11.4 Å². The van der Waals surface area contributed by atoms with Gasteiger partial charge in [0.1, 0.15) is 0 Å². The molecule has 4 heteroatoms. The van der Waals surface area contributed by atoms with Gasteiger partial charge in [-0.2, -0.15) is 0 Å². The predicted octanol–water partition coefficient (Wildman–Crippen LogP) is 1.22. The van der Waals surface area contributed by atoms with Gasteiger partial charge in [0.15, 0.2) is 0 Å². The number of carbonyl (C=O) groups excluding carboxylic acids is 1. The number of nitrogens with zero attached hydrogens (tertiary/aromatic N) is 1. The van der Waals surface area contributed by atoms with Crippen LogP contribution >= 0.6 is 0 Å². The van der Waals surface area contributed by atoms with E-state index in [2.05, 4.69) is 22.5 Å². The average Bonchev–Trinajstić information content (AvgIpc) is 2.26. The molecule has 0 bridgehead atoms. The highest BCUT2D eigenvalue weighted by atomic mass is 16.2. The lowest BCUT2D eigenvalue weighted by atomic mass is 9.90. The van der Waals surface area contributed by atoms with Gasteiger partial charge in [-0.1, -0.05) is 13.3 Å². The summed E-state index contributed by atoms with van der Waals surface area (Å²) in [5.74, 6) is 0.798. The maximum atomic E-state index is 11.9. The Hall–Kier alpha value is -0.610. The summed E-state index contributed by atoms with van der Waals surface area (Å²) < 4.78 is 0. The van der Waals surface area contributed by atoms with Crippen LogP contribution < -0.4 is 10.6 Å². The quantitative estimate of drug-likeness (QED) is 0.794. The molecule has 2 unspecified atom stereocenters. The van der Waals surface area contributed by atoms with Crippen LogP contribution in [-0.4, -0.2) is 49.1 Å². The maximum Gasteiger partial charge on any atom is 0.234 e. The molecule has 2 atom stereocenters. The minimum atomic E-state index is -0.134. The molecule has 1 amide bonds. The Morgan fingerprint density at radius 2 is 2.06 bits per heavy atom. The molecule has 106 valence electrons. The number of rotatable bonds is 4. The van der Waals surface area contributed by atoms with Crippen LogP contribution in [0.4, 0.5) is 0 Å². The van der Waals surface area contributed by atoms with Crippen molar-refractivity contribution >= 4 is 5.91 Å². The first-order valence-corrected chi connectivity index (χ1v) is 7.06. The molecule has 1 rings (SSSR count). The smallest absolute Gasteiger partial charge is 0.234 e. The second-order valence-electron chi connectivity index (χ2n) is 6.39. The Kier molecular flexibility index (Phi) is 5.60. The number of piperidine rings is 1. The van der Waals surface area contributed by atoms with E-state index in [1.165, 1.54) is 6.42 Å². The summed E-state index contributed by atoms with van der Waals surface area (Å²) in [5, 5.41) is 6.42. The molecule has 0 radical (unpaired) electrons. The molecule has 18 heavy (non-hydrogen) atoms. The topological polar surface area (TPSA) is 44.4 Å². The summed E-state index contributed by atoms with van der Waals surface area (Å²) in [4.78, 5) is 14.2. The third kappa shape index (κ3) is 4.94. The van der Waals surface area contributed by atoms with Gasteiger partial charge in [0, 0.05) is 24.7 Å². The van der Waals surface area contributed by atoms with Crippen LogP contribution in [0, 0.1) is 5.92 Å². The second-order valence-corrected chi connectivity index (χ2v) is 6.39. The summed E-state index contributed by atoms with van der Waals surface area (Å²) >= 11 is 0. The van der Waals surface area contributed by atoms with Gasteiger partial charge >= 0.3 is 0 Å². The van der Waals surface area contributed by atoms with E-state index in [9.17, 15) is 4.79 Å². The molecule has 1 saturated heterocycles. The van der Waals surface area contributed by atoms with Crippen LogP contribution in [0.2, 0.25) is 0 Å². The first-order valence-electron chi connectivity index (χ1n) is 7.06. The van der Waals surface area contributed by atoms with E-state index in [0.717, 1.165) is 19.5 Å². The molecule has 0 spiro atoms. The number of amides is 1. The van der Waals surface area contributed by atoms with Gasteiger partial charge in [-0.15, -0.1) is 0 Å². The fourth-order valence-corrected chi connectivity index (χ4v) is 2.71. The molecule has 0 aromatic rings.